The van der Waals surface area contributed by atoms with Crippen LogP contribution in [0.4, 0.5) is 8.78 Å². The summed E-state index contributed by atoms with van der Waals surface area (Å²) in [6, 6.07) is 12.2. The number of hydrogen-bond acceptors (Lipinski definition) is 2. The van der Waals surface area contributed by atoms with Crippen molar-refractivity contribution in [3.05, 3.63) is 70.3 Å². The number of nitrogens with zero attached hydrogens (tertiary/aromatic N) is 1. The fourth-order valence-corrected chi connectivity index (χ4v) is 2.61. The summed E-state index contributed by atoms with van der Waals surface area (Å²) < 4.78 is 28.0. The summed E-state index contributed by atoms with van der Waals surface area (Å²) in [5.74, 6) is 7.29. The van der Waals surface area contributed by atoms with Crippen LogP contribution in [0.25, 0.3) is 0 Å². The molecule has 0 bridgehead atoms. The quantitative estimate of drug-likeness (QED) is 0.399. The van der Waals surface area contributed by atoms with Crippen LogP contribution in [-0.2, 0) is 0 Å². The van der Waals surface area contributed by atoms with Gasteiger partial charge in [0.1, 0.15) is 11.6 Å². The fraction of sp³-hybridized carbons (Fsp3) is 0.190. The van der Waals surface area contributed by atoms with Gasteiger partial charge in [-0.15, -0.1) is 4.99 Å². The van der Waals surface area contributed by atoms with Crippen molar-refractivity contribution in [2.75, 3.05) is 0 Å². The molecule has 0 aliphatic heterocycles. The van der Waals surface area contributed by atoms with E-state index in [9.17, 15) is 8.78 Å². The number of thiocarbonyl (C=S) groups is 1. The van der Waals surface area contributed by atoms with Crippen molar-refractivity contribution in [3.63, 3.8) is 0 Å². The van der Waals surface area contributed by atoms with Crippen molar-refractivity contribution >= 4 is 17.4 Å². The molecule has 25 heavy (non-hydrogen) atoms. The first kappa shape index (κ1) is 17.1. The van der Waals surface area contributed by atoms with Crippen LogP contribution < -0.4 is 0 Å². The Labute approximate surface area is 150 Å². The summed E-state index contributed by atoms with van der Waals surface area (Å²) in [4.78, 5) is 3.35. The molecule has 0 saturated heterocycles. The molecule has 0 atom stereocenters. The largest absolute Gasteiger partial charge is 0.206 e. The first-order valence-corrected chi connectivity index (χ1v) is 8.27. The van der Waals surface area contributed by atoms with Gasteiger partial charge in [-0.05, 0) is 66.7 Å². The van der Waals surface area contributed by atoms with Crippen LogP contribution in [0.1, 0.15) is 47.4 Å². The number of hydrogen-bond donors (Lipinski definition) is 0. The molecular formula is C21H13F2NS. The average molecular weight is 349 g/mol. The van der Waals surface area contributed by atoms with Crippen LogP contribution in [-0.4, -0.2) is 5.16 Å². The molecular weight excluding hydrogens is 336 g/mol. The first-order chi connectivity index (χ1) is 12.2. The second-order valence-electron chi connectivity index (χ2n) is 5.75. The zero-order valence-electron chi connectivity index (χ0n) is 13.3. The first-order valence-electron chi connectivity index (χ1n) is 7.86. The second kappa shape index (κ2) is 7.86. The van der Waals surface area contributed by atoms with Crippen LogP contribution >= 0.6 is 12.2 Å². The van der Waals surface area contributed by atoms with Crippen molar-refractivity contribution in [1.82, 2.24) is 0 Å². The Bertz CT molecular complexity index is 961. The molecule has 122 valence electrons. The van der Waals surface area contributed by atoms with Gasteiger partial charge in [0, 0.05) is 5.56 Å². The van der Waals surface area contributed by atoms with Crippen LogP contribution in [0.5, 0.6) is 0 Å². The Morgan fingerprint density at radius 3 is 2.12 bits per heavy atom. The Morgan fingerprint density at radius 2 is 1.56 bits per heavy atom. The second-order valence-corrected chi connectivity index (χ2v) is 5.93. The van der Waals surface area contributed by atoms with Gasteiger partial charge in [0.15, 0.2) is 0 Å². The van der Waals surface area contributed by atoms with E-state index < -0.39 is 11.6 Å². The highest BCUT2D eigenvalue weighted by Crippen LogP contribution is 2.36. The van der Waals surface area contributed by atoms with Crippen molar-refractivity contribution < 1.29 is 8.78 Å². The number of benzene rings is 2. The predicted molar refractivity (Wildman–Crippen MR) is 97.3 cm³/mol. The van der Waals surface area contributed by atoms with Gasteiger partial charge in [-0.1, -0.05) is 30.4 Å². The van der Waals surface area contributed by atoms with Gasteiger partial charge in [0.2, 0.25) is 0 Å². The molecule has 1 nitrogen and oxygen atoms in total. The minimum absolute atomic E-state index is 0.00977. The lowest BCUT2D eigenvalue weighted by atomic mass is 9.80. The lowest BCUT2D eigenvalue weighted by molar-refractivity contribution is 0.420. The van der Waals surface area contributed by atoms with Gasteiger partial charge in [-0.25, -0.2) is 8.78 Å². The van der Waals surface area contributed by atoms with E-state index >= 15 is 0 Å². The van der Waals surface area contributed by atoms with E-state index in [-0.39, 0.29) is 11.1 Å². The highest BCUT2D eigenvalue weighted by molar-refractivity contribution is 7.78. The maximum absolute atomic E-state index is 14.1. The predicted octanol–water partition coefficient (Wildman–Crippen LogP) is 5.04. The molecule has 0 unspecified atom stereocenters. The normalized spacial score (nSPS) is 12.7. The Hall–Kier alpha value is -2.78. The van der Waals surface area contributed by atoms with Crippen LogP contribution in [0.15, 0.2) is 41.4 Å². The highest BCUT2D eigenvalue weighted by Gasteiger charge is 2.18. The summed E-state index contributed by atoms with van der Waals surface area (Å²) in [7, 11) is 0. The third kappa shape index (κ3) is 4.20. The SMILES string of the molecule is Fc1cc(C#Cc2ccc(C3CCC3)cc2)c(F)cc1C#CN=C=S. The maximum atomic E-state index is 14.1. The average Bonchev–Trinajstić information content (AvgIpc) is 2.56. The molecule has 3 rings (SSSR count). The molecule has 1 aliphatic carbocycles. The smallest absolute Gasteiger partial charge is 0.140 e. The van der Waals surface area contributed by atoms with E-state index in [4.69, 9.17) is 0 Å². The molecule has 2 aromatic carbocycles. The van der Waals surface area contributed by atoms with Gasteiger partial charge in [-0.3, -0.25) is 0 Å². The molecule has 2 aromatic rings. The van der Waals surface area contributed by atoms with E-state index in [1.807, 2.05) is 17.3 Å². The van der Waals surface area contributed by atoms with E-state index in [1.54, 1.807) is 0 Å². The summed E-state index contributed by atoms with van der Waals surface area (Å²) in [6.07, 6.45) is 3.76. The van der Waals surface area contributed by atoms with E-state index in [1.165, 1.54) is 24.8 Å². The lowest BCUT2D eigenvalue weighted by Crippen LogP contribution is -2.08. The molecule has 0 aromatic heterocycles. The van der Waals surface area contributed by atoms with Crippen molar-refractivity contribution in [2.24, 2.45) is 4.99 Å². The van der Waals surface area contributed by atoms with Gasteiger partial charge < -0.3 is 0 Å². The Morgan fingerprint density at radius 1 is 0.920 bits per heavy atom. The third-order valence-corrected chi connectivity index (χ3v) is 4.27. The molecule has 0 heterocycles. The molecule has 0 radical (unpaired) electrons. The Kier molecular flexibility index (Phi) is 5.36. The van der Waals surface area contributed by atoms with E-state index in [0.29, 0.717) is 5.92 Å². The van der Waals surface area contributed by atoms with Gasteiger partial charge in [0.25, 0.3) is 0 Å². The van der Waals surface area contributed by atoms with Crippen LogP contribution in [0.2, 0.25) is 0 Å². The topological polar surface area (TPSA) is 12.4 Å². The zero-order chi connectivity index (χ0) is 17.6. The number of rotatable bonds is 1. The van der Waals surface area contributed by atoms with Crippen molar-refractivity contribution in [2.45, 2.75) is 25.2 Å². The fourth-order valence-electron chi connectivity index (χ4n) is 2.57. The van der Waals surface area contributed by atoms with E-state index in [2.05, 4.69) is 53.1 Å². The van der Waals surface area contributed by atoms with Crippen molar-refractivity contribution in [1.29, 1.82) is 0 Å². The molecule has 0 N–H and O–H groups in total. The summed E-state index contributed by atoms with van der Waals surface area (Å²) in [5, 5.41) is 2.04. The minimum Gasteiger partial charge on any atom is -0.206 e. The molecule has 0 spiro atoms. The molecule has 1 fully saturated rings. The van der Waals surface area contributed by atoms with Gasteiger partial charge in [-0.2, -0.15) is 0 Å². The zero-order valence-corrected chi connectivity index (χ0v) is 14.1. The number of aliphatic imine (C=N–C) groups is 1. The van der Waals surface area contributed by atoms with Crippen molar-refractivity contribution in [3.8, 4) is 23.8 Å². The summed E-state index contributed by atoms with van der Waals surface area (Å²) >= 11 is 4.35. The molecule has 1 saturated carbocycles. The Balaban J connectivity index is 1.81. The molecule has 0 amide bonds. The summed E-state index contributed by atoms with van der Waals surface area (Å²) in [5.41, 5.74) is 1.98. The third-order valence-electron chi connectivity index (χ3n) is 4.18. The number of isothiocyanates is 1. The molecule has 1 aliphatic rings. The standard InChI is InChI=1S/C21H13F2NS/c22-20-13-19(10-11-24-14-25)21(23)12-18(20)9-6-15-4-7-17(8-5-15)16-2-1-3-16/h4-5,7-8,12-13,16H,1-3H2. The van der Waals surface area contributed by atoms with Gasteiger partial charge >= 0.3 is 0 Å². The monoisotopic (exact) mass is 349 g/mol. The van der Waals surface area contributed by atoms with E-state index in [0.717, 1.165) is 17.7 Å². The highest BCUT2D eigenvalue weighted by atomic mass is 32.1. The van der Waals surface area contributed by atoms with Crippen LogP contribution in [0.3, 0.4) is 0 Å². The van der Waals surface area contributed by atoms with Crippen LogP contribution in [0, 0.1) is 35.4 Å². The number of halogens is 2. The minimum atomic E-state index is -0.655. The molecule has 4 heteroatoms. The van der Waals surface area contributed by atoms with Gasteiger partial charge in [0.05, 0.1) is 22.3 Å². The summed E-state index contributed by atoms with van der Waals surface area (Å²) in [6.45, 7) is 0. The lowest BCUT2D eigenvalue weighted by Gasteiger charge is -2.25. The maximum Gasteiger partial charge on any atom is 0.140 e.